The summed E-state index contributed by atoms with van der Waals surface area (Å²) in [5.74, 6) is -0.974. The van der Waals surface area contributed by atoms with Crippen molar-refractivity contribution in [3.05, 3.63) is 56.9 Å². The number of cyclic esters (lactones) is 1. The summed E-state index contributed by atoms with van der Waals surface area (Å²) in [6.07, 6.45) is 1.97. The summed E-state index contributed by atoms with van der Waals surface area (Å²) in [5, 5.41) is 14.7. The molecule has 1 aromatic carbocycles. The van der Waals surface area contributed by atoms with Gasteiger partial charge in [0.25, 0.3) is 5.56 Å². The highest BCUT2D eigenvalue weighted by Gasteiger charge is 2.45. The van der Waals surface area contributed by atoms with Crippen LogP contribution in [0.15, 0.2) is 29.1 Å². The smallest absolute Gasteiger partial charge is 0.343 e. The lowest BCUT2D eigenvalue weighted by Crippen LogP contribution is -2.44. The van der Waals surface area contributed by atoms with E-state index in [1.165, 1.54) is 7.11 Å². The van der Waals surface area contributed by atoms with E-state index in [1.54, 1.807) is 42.7 Å². The lowest BCUT2D eigenvalue weighted by Gasteiger charge is -2.31. The van der Waals surface area contributed by atoms with Gasteiger partial charge in [0.05, 0.1) is 29.0 Å². The zero-order valence-corrected chi connectivity index (χ0v) is 25.4. The summed E-state index contributed by atoms with van der Waals surface area (Å²) in [5.41, 5.74) is 1.81. The molecule has 2 unspecified atom stereocenters. The van der Waals surface area contributed by atoms with E-state index in [1.807, 2.05) is 6.92 Å². The van der Waals surface area contributed by atoms with Crippen LogP contribution in [0.1, 0.15) is 62.3 Å². The highest BCUT2D eigenvalue weighted by atomic mass is 31.2. The van der Waals surface area contributed by atoms with Crippen molar-refractivity contribution in [1.29, 1.82) is 0 Å². The van der Waals surface area contributed by atoms with Crippen LogP contribution in [-0.2, 0) is 53.5 Å². The molecule has 2 aromatic heterocycles. The van der Waals surface area contributed by atoms with E-state index in [4.69, 9.17) is 23.7 Å². The second-order valence-corrected chi connectivity index (χ2v) is 13.3. The minimum Gasteiger partial charge on any atom is -0.461 e. The van der Waals surface area contributed by atoms with E-state index in [0.29, 0.717) is 29.1 Å². The van der Waals surface area contributed by atoms with Crippen molar-refractivity contribution in [2.24, 2.45) is 0 Å². The van der Waals surface area contributed by atoms with Crippen molar-refractivity contribution in [1.82, 2.24) is 14.6 Å². The molecule has 1 saturated carbocycles. The molecule has 43 heavy (non-hydrogen) atoms. The summed E-state index contributed by atoms with van der Waals surface area (Å²) >= 11 is 0. The minimum absolute atomic E-state index is 0.0605. The summed E-state index contributed by atoms with van der Waals surface area (Å²) in [6.45, 7) is 5.29. The number of aromatic nitrogens is 2. The molecule has 12 nitrogen and oxygen atoms in total. The lowest BCUT2D eigenvalue weighted by molar-refractivity contribution is -0.172. The van der Waals surface area contributed by atoms with E-state index in [9.17, 15) is 24.1 Å². The largest absolute Gasteiger partial charge is 0.461 e. The Kier molecular flexibility index (Phi) is 7.45. The van der Waals surface area contributed by atoms with Gasteiger partial charge in [-0.2, -0.15) is 0 Å². The third-order valence-electron chi connectivity index (χ3n) is 8.23. The average molecular weight is 612 g/mol. The van der Waals surface area contributed by atoms with Gasteiger partial charge in [0, 0.05) is 23.6 Å². The van der Waals surface area contributed by atoms with E-state index in [-0.39, 0.29) is 48.7 Å². The Labute approximate surface area is 247 Å². The van der Waals surface area contributed by atoms with Crippen LogP contribution in [0.3, 0.4) is 0 Å². The Bertz CT molecular complexity index is 1770. The Balaban J connectivity index is 1.37. The van der Waals surface area contributed by atoms with Crippen LogP contribution in [0.25, 0.3) is 22.3 Å². The normalized spacial score (nSPS) is 20.9. The fraction of sp³-hybridized carbons (Fsp3) is 0.467. The first-order valence-electron chi connectivity index (χ1n) is 14.4. The number of methoxy groups -OCH3 is 1. The molecule has 0 saturated heterocycles. The molecule has 13 heteroatoms. The minimum atomic E-state index is -3.68. The summed E-state index contributed by atoms with van der Waals surface area (Å²) < 4.78 is 36.9. The molecule has 2 aliphatic heterocycles. The van der Waals surface area contributed by atoms with Crippen molar-refractivity contribution in [2.75, 3.05) is 13.5 Å². The predicted molar refractivity (Wildman–Crippen MR) is 156 cm³/mol. The second-order valence-electron chi connectivity index (χ2n) is 11.2. The predicted octanol–water partition coefficient (Wildman–Crippen LogP) is 3.50. The third-order valence-corrected chi connectivity index (χ3v) is 10.1. The number of hydrogen-bond acceptors (Lipinski definition) is 10. The molecule has 0 spiro atoms. The molecule has 3 atom stereocenters. The molecule has 2 N–H and O–H groups in total. The van der Waals surface area contributed by atoms with Gasteiger partial charge in [0.15, 0.2) is 5.60 Å². The fourth-order valence-corrected chi connectivity index (χ4v) is 7.50. The third kappa shape index (κ3) is 5.06. The van der Waals surface area contributed by atoms with Gasteiger partial charge in [0.2, 0.25) is 0 Å². The van der Waals surface area contributed by atoms with E-state index < -0.39 is 31.1 Å². The summed E-state index contributed by atoms with van der Waals surface area (Å²) in [6, 6.07) is 5.94. The maximum atomic E-state index is 13.7. The van der Waals surface area contributed by atoms with Gasteiger partial charge >= 0.3 is 19.5 Å². The summed E-state index contributed by atoms with van der Waals surface area (Å²) in [7, 11) is -2.28. The Morgan fingerprint density at radius 3 is 2.70 bits per heavy atom. The van der Waals surface area contributed by atoms with E-state index >= 15 is 0 Å². The van der Waals surface area contributed by atoms with Gasteiger partial charge in [-0.25, -0.2) is 14.9 Å². The van der Waals surface area contributed by atoms with Crippen molar-refractivity contribution >= 4 is 30.4 Å². The molecule has 4 heterocycles. The number of ether oxygens (including phenoxy) is 3. The van der Waals surface area contributed by atoms with Crippen LogP contribution in [0.4, 0.5) is 0 Å². The molecule has 1 aliphatic carbocycles. The van der Waals surface area contributed by atoms with Crippen LogP contribution >= 0.6 is 7.52 Å². The van der Waals surface area contributed by atoms with Gasteiger partial charge in [-0.05, 0) is 62.4 Å². The van der Waals surface area contributed by atoms with Crippen LogP contribution in [0.2, 0.25) is 0 Å². The number of carbonyl (C=O) groups excluding carboxylic acids is 2. The number of nitrogens with zero attached hydrogens (tertiary/aromatic N) is 2. The first-order valence-corrected chi connectivity index (χ1v) is 16.2. The number of benzene rings is 1. The lowest BCUT2D eigenvalue weighted by atomic mass is 9.86. The van der Waals surface area contributed by atoms with Crippen LogP contribution in [0, 0.1) is 0 Å². The van der Waals surface area contributed by atoms with Crippen LogP contribution in [-0.4, -0.2) is 52.2 Å². The molecular formula is C30H34N3O9P. The van der Waals surface area contributed by atoms with Crippen molar-refractivity contribution in [3.63, 3.8) is 0 Å². The molecule has 0 radical (unpaired) electrons. The van der Waals surface area contributed by atoms with Crippen molar-refractivity contribution < 1.29 is 38.0 Å². The van der Waals surface area contributed by atoms with E-state index in [2.05, 4.69) is 5.09 Å². The van der Waals surface area contributed by atoms with E-state index in [0.717, 1.165) is 29.4 Å². The molecular weight excluding hydrogens is 577 g/mol. The molecule has 0 bridgehead atoms. The Morgan fingerprint density at radius 1 is 1.26 bits per heavy atom. The molecule has 6 rings (SSSR count). The van der Waals surface area contributed by atoms with Gasteiger partial charge in [0.1, 0.15) is 30.9 Å². The van der Waals surface area contributed by atoms with Crippen LogP contribution in [0.5, 0.6) is 5.75 Å². The number of hydrogen-bond donors (Lipinski definition) is 2. The monoisotopic (exact) mass is 611 g/mol. The Hall–Kier alpha value is -3.57. The zero-order valence-electron chi connectivity index (χ0n) is 24.5. The standard InChI is InChI=1S/C30H34N3O9P/c1-5-19-20-11-18(42-43(38,15-39-4)32-16(3)28(35)41-17-7-8-17)9-10-24(20)31-26-21(19)13-33-25(26)12-23-22(27(33)34)14-40-29(36)30(23,37)6-2/h9-12,16-17,37H,5-8,13-15H2,1-4H3,(H,32,38)/t16?,30-,43?/m0/s1. The number of fused-ring (bicyclic) bond motifs is 5. The number of aliphatic hydroxyl groups is 1. The molecule has 3 aromatic rings. The number of nitrogens with one attached hydrogen (secondary N) is 1. The second kappa shape index (κ2) is 10.9. The molecule has 228 valence electrons. The quantitative estimate of drug-likeness (QED) is 0.200. The first kappa shape index (κ1) is 29.5. The highest BCUT2D eigenvalue weighted by molar-refractivity contribution is 7.57. The van der Waals surface area contributed by atoms with Crippen molar-refractivity contribution in [3.8, 4) is 17.1 Å². The molecule has 1 fully saturated rings. The Morgan fingerprint density at radius 2 is 2.02 bits per heavy atom. The van der Waals surface area contributed by atoms with Gasteiger partial charge < -0.3 is 28.4 Å². The molecule has 0 amide bonds. The maximum absolute atomic E-state index is 13.7. The number of rotatable bonds is 10. The number of carbonyl (C=O) groups is 2. The SMILES string of the molecule is CCc1c2c(nc3ccc(OP(=O)(COC)NC(C)C(=O)OC4CC4)cc13)-c1cc3c(c(=O)n1C2)COC(=O)[C@]3(O)CC. The summed E-state index contributed by atoms with van der Waals surface area (Å²) in [4.78, 5) is 43.3. The zero-order chi connectivity index (χ0) is 30.7. The number of esters is 2. The topological polar surface area (TPSA) is 155 Å². The average Bonchev–Trinajstić information content (AvgIpc) is 3.72. The number of aryl methyl sites for hydroxylation is 1. The number of pyridine rings is 2. The maximum Gasteiger partial charge on any atom is 0.343 e. The fourth-order valence-electron chi connectivity index (χ4n) is 5.83. The highest BCUT2D eigenvalue weighted by Crippen LogP contribution is 2.46. The van der Waals surface area contributed by atoms with Gasteiger partial charge in [-0.15, -0.1) is 0 Å². The first-order chi connectivity index (χ1) is 20.5. The molecule has 3 aliphatic rings. The van der Waals surface area contributed by atoms with Crippen LogP contribution < -0.4 is 15.2 Å². The van der Waals surface area contributed by atoms with Gasteiger partial charge in [-0.3, -0.25) is 14.2 Å². The van der Waals surface area contributed by atoms with Crippen molar-refractivity contribution in [2.45, 2.75) is 77.4 Å². The van der Waals surface area contributed by atoms with Gasteiger partial charge in [-0.1, -0.05) is 13.8 Å².